The van der Waals surface area contributed by atoms with Gasteiger partial charge in [0.05, 0.1) is 0 Å². The lowest BCUT2D eigenvalue weighted by Gasteiger charge is -2.15. The third-order valence-corrected chi connectivity index (χ3v) is 2.91. The van der Waals surface area contributed by atoms with Crippen molar-refractivity contribution < 1.29 is 8.78 Å². The fraction of sp³-hybridized carbons (Fsp3) is 1.00. The Balaban J connectivity index is 1.72. The second-order valence-electron chi connectivity index (χ2n) is 4.09. The van der Waals surface area contributed by atoms with Gasteiger partial charge >= 0.3 is 0 Å². The third kappa shape index (κ3) is 1.76. The summed E-state index contributed by atoms with van der Waals surface area (Å²) >= 11 is 0. The van der Waals surface area contributed by atoms with E-state index in [-0.39, 0.29) is 6.04 Å². The lowest BCUT2D eigenvalue weighted by Crippen LogP contribution is -2.38. The summed E-state index contributed by atoms with van der Waals surface area (Å²) in [6.07, 6.45) is 3.03. The van der Waals surface area contributed by atoms with E-state index < -0.39 is 11.8 Å². The van der Waals surface area contributed by atoms with Crippen molar-refractivity contribution in [2.24, 2.45) is 0 Å². The Morgan fingerprint density at radius 1 is 1.33 bits per heavy atom. The van der Waals surface area contributed by atoms with Crippen LogP contribution in [0.4, 0.5) is 8.78 Å². The maximum Gasteiger partial charge on any atom is 0.123 e. The van der Waals surface area contributed by atoms with E-state index in [0.717, 1.165) is 12.8 Å². The van der Waals surface area contributed by atoms with E-state index >= 15 is 0 Å². The number of rotatable bonds is 3. The van der Waals surface area contributed by atoms with Gasteiger partial charge in [0.1, 0.15) is 11.8 Å². The Hall–Kier alpha value is -0.180. The number of alkyl halides is 2. The smallest absolute Gasteiger partial charge is 0.123 e. The molecule has 2 atom stereocenters. The lowest BCUT2D eigenvalue weighted by atomic mass is 10.2. The summed E-state index contributed by atoms with van der Waals surface area (Å²) in [7, 11) is 0. The topological polar surface area (TPSA) is 12.0 Å². The maximum absolute atomic E-state index is 13.1. The van der Waals surface area contributed by atoms with E-state index in [2.05, 4.69) is 5.32 Å². The molecule has 0 radical (unpaired) electrons. The van der Waals surface area contributed by atoms with Crippen molar-refractivity contribution in [3.05, 3.63) is 0 Å². The largest absolute Gasteiger partial charge is 0.308 e. The van der Waals surface area contributed by atoms with Crippen LogP contribution >= 0.6 is 0 Å². The Morgan fingerprint density at radius 2 is 2.08 bits per heavy atom. The molecule has 0 unspecified atom stereocenters. The highest BCUT2D eigenvalue weighted by Gasteiger charge is 2.43. The molecule has 1 nitrogen and oxygen atoms in total. The standard InChI is InChI=1S/C9H15F2N/c10-7-2-1-3-8(7)12-6-9(11)4-5-9/h7-8,12H,1-6H2/t7-,8+/m0/s1. The van der Waals surface area contributed by atoms with Gasteiger partial charge in [0.2, 0.25) is 0 Å². The molecule has 12 heavy (non-hydrogen) atoms. The molecule has 2 aliphatic rings. The molecule has 0 aromatic carbocycles. The summed E-state index contributed by atoms with van der Waals surface area (Å²) in [4.78, 5) is 0. The molecular formula is C9H15F2N. The van der Waals surface area contributed by atoms with Crippen molar-refractivity contribution in [3.63, 3.8) is 0 Å². The molecule has 0 spiro atoms. The predicted molar refractivity (Wildman–Crippen MR) is 43.6 cm³/mol. The van der Waals surface area contributed by atoms with Gasteiger partial charge in [0, 0.05) is 12.6 Å². The summed E-state index contributed by atoms with van der Waals surface area (Å²) in [6.45, 7) is 0.359. The van der Waals surface area contributed by atoms with Crippen molar-refractivity contribution in [3.8, 4) is 0 Å². The van der Waals surface area contributed by atoms with Crippen LogP contribution in [0.25, 0.3) is 0 Å². The van der Waals surface area contributed by atoms with Gasteiger partial charge in [-0.2, -0.15) is 0 Å². The summed E-state index contributed by atoms with van der Waals surface area (Å²) < 4.78 is 26.1. The van der Waals surface area contributed by atoms with E-state index in [1.807, 2.05) is 0 Å². The number of halogens is 2. The summed E-state index contributed by atoms with van der Waals surface area (Å²) in [6, 6.07) is -0.0711. The van der Waals surface area contributed by atoms with Crippen molar-refractivity contribution >= 4 is 0 Å². The third-order valence-electron chi connectivity index (χ3n) is 2.91. The molecular weight excluding hydrogens is 160 g/mol. The van der Waals surface area contributed by atoms with Gasteiger partial charge in [-0.3, -0.25) is 0 Å². The molecule has 70 valence electrons. The molecule has 1 N–H and O–H groups in total. The average molecular weight is 175 g/mol. The summed E-state index contributed by atoms with van der Waals surface area (Å²) in [5.74, 6) is 0. The first-order valence-electron chi connectivity index (χ1n) is 4.76. The van der Waals surface area contributed by atoms with Gasteiger partial charge < -0.3 is 5.32 Å². The van der Waals surface area contributed by atoms with E-state index in [0.29, 0.717) is 25.8 Å². The quantitative estimate of drug-likeness (QED) is 0.691. The van der Waals surface area contributed by atoms with Crippen LogP contribution in [-0.2, 0) is 0 Å². The van der Waals surface area contributed by atoms with Gasteiger partial charge in [-0.25, -0.2) is 8.78 Å². The van der Waals surface area contributed by atoms with E-state index in [1.54, 1.807) is 0 Å². The Labute approximate surface area is 71.5 Å². The number of hydrogen-bond donors (Lipinski definition) is 1. The fourth-order valence-electron chi connectivity index (χ4n) is 1.77. The SMILES string of the molecule is F[C@H]1CCC[C@H]1NCC1(F)CC1. The molecule has 2 aliphatic carbocycles. The van der Waals surface area contributed by atoms with Crippen molar-refractivity contribution in [2.75, 3.05) is 6.54 Å². The Bertz CT molecular complexity index is 168. The van der Waals surface area contributed by atoms with Crippen LogP contribution in [0.3, 0.4) is 0 Å². The van der Waals surface area contributed by atoms with Crippen molar-refractivity contribution in [2.45, 2.75) is 50.0 Å². The van der Waals surface area contributed by atoms with Crippen LogP contribution in [0.1, 0.15) is 32.1 Å². The Kier molecular flexibility index (Phi) is 2.07. The van der Waals surface area contributed by atoms with Gasteiger partial charge in [0.25, 0.3) is 0 Å². The summed E-state index contributed by atoms with van der Waals surface area (Å²) in [5, 5.41) is 2.98. The van der Waals surface area contributed by atoms with Crippen LogP contribution < -0.4 is 5.32 Å². The van der Waals surface area contributed by atoms with Gasteiger partial charge in [0.15, 0.2) is 0 Å². The highest BCUT2D eigenvalue weighted by molar-refractivity contribution is 4.97. The zero-order chi connectivity index (χ0) is 8.60. The molecule has 2 rings (SSSR count). The second-order valence-corrected chi connectivity index (χ2v) is 4.09. The normalized spacial score (nSPS) is 38.5. The zero-order valence-corrected chi connectivity index (χ0v) is 7.15. The average Bonchev–Trinajstić information content (AvgIpc) is 2.61. The molecule has 0 bridgehead atoms. The predicted octanol–water partition coefficient (Wildman–Crippen LogP) is 1.97. The Morgan fingerprint density at radius 3 is 2.58 bits per heavy atom. The number of nitrogens with one attached hydrogen (secondary N) is 1. The molecule has 0 saturated heterocycles. The zero-order valence-electron chi connectivity index (χ0n) is 7.15. The first-order valence-corrected chi connectivity index (χ1v) is 4.76. The lowest BCUT2D eigenvalue weighted by molar-refractivity contribution is 0.239. The first-order chi connectivity index (χ1) is 5.70. The monoisotopic (exact) mass is 175 g/mol. The van der Waals surface area contributed by atoms with Crippen LogP contribution in [0, 0.1) is 0 Å². The highest BCUT2D eigenvalue weighted by Crippen LogP contribution is 2.39. The second kappa shape index (κ2) is 2.95. The van der Waals surface area contributed by atoms with Gasteiger partial charge in [-0.1, -0.05) is 0 Å². The van der Waals surface area contributed by atoms with Crippen LogP contribution in [0.2, 0.25) is 0 Å². The molecule has 0 amide bonds. The minimum atomic E-state index is -0.984. The molecule has 0 aromatic rings. The first kappa shape index (κ1) is 8.42. The molecule has 0 heterocycles. The fourth-order valence-corrected chi connectivity index (χ4v) is 1.77. The van der Waals surface area contributed by atoms with Gasteiger partial charge in [-0.15, -0.1) is 0 Å². The van der Waals surface area contributed by atoms with E-state index in [1.165, 1.54) is 0 Å². The van der Waals surface area contributed by atoms with Crippen LogP contribution in [0.5, 0.6) is 0 Å². The number of hydrogen-bond acceptors (Lipinski definition) is 1. The minimum absolute atomic E-state index is 0.0711. The highest BCUT2D eigenvalue weighted by atomic mass is 19.1. The minimum Gasteiger partial charge on any atom is -0.308 e. The molecule has 3 heteroatoms. The van der Waals surface area contributed by atoms with Crippen molar-refractivity contribution in [1.82, 2.24) is 5.32 Å². The molecule has 0 aliphatic heterocycles. The molecule has 2 saturated carbocycles. The van der Waals surface area contributed by atoms with Gasteiger partial charge in [-0.05, 0) is 32.1 Å². The van der Waals surface area contributed by atoms with E-state index in [4.69, 9.17) is 0 Å². The maximum atomic E-state index is 13.1. The van der Waals surface area contributed by atoms with Crippen molar-refractivity contribution in [1.29, 1.82) is 0 Å². The molecule has 0 aromatic heterocycles. The summed E-state index contributed by atoms with van der Waals surface area (Å²) in [5.41, 5.74) is -0.984. The molecule has 2 fully saturated rings. The van der Waals surface area contributed by atoms with E-state index in [9.17, 15) is 8.78 Å². The van der Waals surface area contributed by atoms with Crippen LogP contribution in [0.15, 0.2) is 0 Å². The van der Waals surface area contributed by atoms with Crippen LogP contribution in [-0.4, -0.2) is 24.4 Å².